The van der Waals surface area contributed by atoms with E-state index in [4.69, 9.17) is 9.72 Å². The first kappa shape index (κ1) is 20.9. The largest absolute Gasteiger partial charge is 0.477 e. The highest BCUT2D eigenvalue weighted by Crippen LogP contribution is 2.68. The average Bonchev–Trinajstić information content (AvgIpc) is 3.18. The molecule has 0 unspecified atom stereocenters. The minimum Gasteiger partial charge on any atom is -0.477 e. The number of aryl methyl sites for hydroxylation is 4. The first-order valence-corrected chi connectivity index (χ1v) is 11.5. The molecule has 2 aliphatic rings. The molecule has 3 atom stereocenters. The molecule has 1 aromatic heterocycles. The zero-order valence-electron chi connectivity index (χ0n) is 19.6. The third kappa shape index (κ3) is 2.48. The van der Waals surface area contributed by atoms with Gasteiger partial charge in [0.15, 0.2) is 11.2 Å². The normalized spacial score (nSPS) is 24.3. The maximum Gasteiger partial charge on any atom is 0.255 e. The molecule has 0 saturated heterocycles. The van der Waals surface area contributed by atoms with Gasteiger partial charge in [0.05, 0.1) is 17.2 Å². The lowest BCUT2D eigenvalue weighted by atomic mass is 9.69. The summed E-state index contributed by atoms with van der Waals surface area (Å²) in [6, 6.07) is 21.8. The van der Waals surface area contributed by atoms with Gasteiger partial charge in [-0.05, 0) is 50.5 Å². The zero-order chi connectivity index (χ0) is 23.8. The summed E-state index contributed by atoms with van der Waals surface area (Å²) < 4.78 is 6.91. The van der Waals surface area contributed by atoms with Crippen molar-refractivity contribution < 1.29 is 9.84 Å². The average molecular weight is 451 g/mol. The summed E-state index contributed by atoms with van der Waals surface area (Å²) in [6.07, 6.45) is 0. The number of nitrogens with zero attached hydrogens (tertiary/aromatic N) is 1. The van der Waals surface area contributed by atoms with Crippen LogP contribution in [0.25, 0.3) is 0 Å². The van der Waals surface area contributed by atoms with Gasteiger partial charge >= 0.3 is 0 Å². The second-order valence-corrected chi connectivity index (χ2v) is 9.63. The maximum atomic E-state index is 13.5. The van der Waals surface area contributed by atoms with E-state index in [-0.39, 0.29) is 5.56 Å². The molecule has 5 heteroatoms. The lowest BCUT2D eigenvalue weighted by molar-refractivity contribution is -0.0906. The minimum atomic E-state index is -1.65. The third-order valence-corrected chi connectivity index (χ3v) is 7.34. The molecule has 4 aromatic rings. The molecular formula is C29H26N2O3. The number of H-pyrrole nitrogens is 1. The Morgan fingerprint density at radius 2 is 1.65 bits per heavy atom. The number of hydrogen-bond donors (Lipinski definition) is 2. The molecule has 5 nitrogen and oxygen atoms in total. The van der Waals surface area contributed by atoms with Crippen molar-refractivity contribution in [2.45, 2.75) is 44.8 Å². The van der Waals surface area contributed by atoms with E-state index in [9.17, 15) is 9.90 Å². The van der Waals surface area contributed by atoms with E-state index in [0.29, 0.717) is 28.4 Å². The van der Waals surface area contributed by atoms with Gasteiger partial charge in [0.1, 0.15) is 11.6 Å². The van der Waals surface area contributed by atoms with Crippen molar-refractivity contribution in [3.8, 4) is 5.75 Å². The van der Waals surface area contributed by atoms with Gasteiger partial charge in [-0.1, -0.05) is 66.2 Å². The van der Waals surface area contributed by atoms with E-state index in [2.05, 4.69) is 4.98 Å². The highest BCUT2D eigenvalue weighted by Gasteiger charge is 2.73. The van der Waals surface area contributed by atoms with Crippen LogP contribution in [-0.4, -0.2) is 15.1 Å². The highest BCUT2D eigenvalue weighted by atomic mass is 16.5. The van der Waals surface area contributed by atoms with E-state index >= 15 is 0 Å². The quantitative estimate of drug-likeness (QED) is 0.465. The van der Waals surface area contributed by atoms with Crippen LogP contribution in [0.5, 0.6) is 5.75 Å². The SMILES string of the molecule is Cc1ccc([C@@]23Oc4cc(C)cc(C)c4[C@]2(O)c2nc(C)[nH]c(=O)c2[C@H]3c2ccccc2)cc1. The standard InChI is InChI=1S/C29H26N2O3/c1-16-10-12-21(13-11-16)29-25(20-8-6-5-7-9-20)23-26(30-19(4)31-27(23)32)28(29,33)24-18(3)14-17(2)15-22(24)34-29/h5-15,25,33H,1-4H3,(H,30,31,32)/t25-,28+,29+/m1/s1. The Bertz CT molecular complexity index is 1510. The summed E-state index contributed by atoms with van der Waals surface area (Å²) >= 11 is 0. The van der Waals surface area contributed by atoms with Crippen molar-refractivity contribution in [1.82, 2.24) is 9.97 Å². The first-order valence-electron chi connectivity index (χ1n) is 11.5. The molecule has 0 radical (unpaired) electrons. The Morgan fingerprint density at radius 1 is 0.941 bits per heavy atom. The molecule has 0 spiro atoms. The van der Waals surface area contributed by atoms with E-state index in [1.165, 1.54) is 0 Å². The molecule has 170 valence electrons. The Kier molecular flexibility index (Phi) is 4.24. The Morgan fingerprint density at radius 3 is 2.35 bits per heavy atom. The smallest absolute Gasteiger partial charge is 0.255 e. The molecule has 2 heterocycles. The zero-order valence-corrected chi connectivity index (χ0v) is 19.6. The molecule has 0 fully saturated rings. The summed E-state index contributed by atoms with van der Waals surface area (Å²) in [5.41, 5.74) is 3.05. The van der Waals surface area contributed by atoms with Gasteiger partial charge in [0.25, 0.3) is 5.56 Å². The van der Waals surface area contributed by atoms with Crippen LogP contribution >= 0.6 is 0 Å². The van der Waals surface area contributed by atoms with Gasteiger partial charge in [-0.15, -0.1) is 0 Å². The number of ether oxygens (including phenoxy) is 1. The number of nitrogens with one attached hydrogen (secondary N) is 1. The predicted octanol–water partition coefficient (Wildman–Crippen LogP) is 4.67. The second kappa shape index (κ2) is 6.90. The van der Waals surface area contributed by atoms with Gasteiger partial charge in [-0.3, -0.25) is 4.79 Å². The fourth-order valence-electron chi connectivity index (χ4n) is 6.09. The predicted molar refractivity (Wildman–Crippen MR) is 130 cm³/mol. The summed E-state index contributed by atoms with van der Waals surface area (Å²) in [4.78, 5) is 21.1. The maximum absolute atomic E-state index is 13.5. The number of aliphatic hydroxyl groups is 1. The summed E-state index contributed by atoms with van der Waals surface area (Å²) in [5, 5.41) is 12.9. The van der Waals surface area contributed by atoms with Crippen LogP contribution in [0.2, 0.25) is 0 Å². The van der Waals surface area contributed by atoms with E-state index in [1.54, 1.807) is 6.92 Å². The number of benzene rings is 3. The van der Waals surface area contributed by atoms with Crippen LogP contribution in [-0.2, 0) is 11.2 Å². The van der Waals surface area contributed by atoms with Crippen LogP contribution < -0.4 is 10.3 Å². The number of aromatic nitrogens is 2. The van der Waals surface area contributed by atoms with Gasteiger partial charge in [-0.25, -0.2) is 4.98 Å². The number of aromatic amines is 1. The summed E-state index contributed by atoms with van der Waals surface area (Å²) in [5.74, 6) is 0.522. The van der Waals surface area contributed by atoms with Gasteiger partial charge in [0, 0.05) is 11.1 Å². The van der Waals surface area contributed by atoms with Crippen molar-refractivity contribution in [1.29, 1.82) is 0 Å². The molecule has 34 heavy (non-hydrogen) atoms. The molecule has 2 N–H and O–H groups in total. The number of fused-ring (bicyclic) bond motifs is 5. The van der Waals surface area contributed by atoms with Gasteiger partial charge in [-0.2, -0.15) is 0 Å². The monoisotopic (exact) mass is 450 g/mol. The second-order valence-electron chi connectivity index (χ2n) is 9.63. The van der Waals surface area contributed by atoms with Crippen LogP contribution in [0.1, 0.15) is 56.4 Å². The number of rotatable bonds is 2. The topological polar surface area (TPSA) is 75.2 Å². The highest BCUT2D eigenvalue weighted by molar-refractivity contribution is 5.66. The molecule has 0 saturated carbocycles. The van der Waals surface area contributed by atoms with Crippen molar-refractivity contribution in [2.75, 3.05) is 0 Å². The molecular weight excluding hydrogens is 424 g/mol. The lowest BCUT2D eigenvalue weighted by Crippen LogP contribution is -2.49. The lowest BCUT2D eigenvalue weighted by Gasteiger charge is -2.40. The minimum absolute atomic E-state index is 0.249. The van der Waals surface area contributed by atoms with Crippen LogP contribution in [0.4, 0.5) is 0 Å². The van der Waals surface area contributed by atoms with Crippen LogP contribution in [0, 0.1) is 27.7 Å². The van der Waals surface area contributed by atoms with Crippen molar-refractivity contribution in [2.24, 2.45) is 0 Å². The van der Waals surface area contributed by atoms with E-state index in [0.717, 1.165) is 27.8 Å². The van der Waals surface area contributed by atoms with Gasteiger partial charge < -0.3 is 14.8 Å². The Balaban J connectivity index is 1.82. The third-order valence-electron chi connectivity index (χ3n) is 7.34. The fraction of sp³-hybridized carbons (Fsp3) is 0.241. The fourth-order valence-corrected chi connectivity index (χ4v) is 6.09. The van der Waals surface area contributed by atoms with Crippen molar-refractivity contribution in [3.63, 3.8) is 0 Å². The van der Waals surface area contributed by atoms with Crippen LogP contribution in [0.3, 0.4) is 0 Å². The Hall–Kier alpha value is -3.70. The van der Waals surface area contributed by atoms with Crippen LogP contribution in [0.15, 0.2) is 71.5 Å². The first-order chi connectivity index (χ1) is 16.3. The van der Waals surface area contributed by atoms with Crippen molar-refractivity contribution >= 4 is 0 Å². The molecule has 6 rings (SSSR count). The van der Waals surface area contributed by atoms with Gasteiger partial charge in [0.2, 0.25) is 0 Å². The van der Waals surface area contributed by atoms with E-state index in [1.807, 2.05) is 87.5 Å². The number of hydrogen-bond acceptors (Lipinski definition) is 4. The molecule has 1 aliphatic heterocycles. The summed E-state index contributed by atoms with van der Waals surface area (Å²) in [7, 11) is 0. The molecule has 0 bridgehead atoms. The molecule has 1 aliphatic carbocycles. The van der Waals surface area contributed by atoms with E-state index < -0.39 is 17.1 Å². The molecule has 3 aromatic carbocycles. The Labute approximate surface area is 198 Å². The van der Waals surface area contributed by atoms with Crippen molar-refractivity contribution in [3.05, 3.63) is 128 Å². The summed E-state index contributed by atoms with van der Waals surface area (Å²) in [6.45, 7) is 7.77. The molecule has 0 amide bonds.